The standard InChI is InChI=1S/C27H36BrNO5/c1-5-10-29-26(33)20-13-19(15(2)3)24(21(14-30)25(20)27(29)34)23(32)8-6-16(4)11-17-12-18(28)7-9-22(17)31/h7,9,11-12,15,20-21,23,25,30-32H,5-6,8,10,13-14H2,1-4H3/b16-11+/t20-,21+,23-,25-/m1/s1. The van der Waals surface area contributed by atoms with Crippen LogP contribution in [0.3, 0.4) is 0 Å². The number of aromatic hydroxyl groups is 1. The molecule has 3 N–H and O–H groups in total. The molecule has 1 saturated heterocycles. The minimum absolute atomic E-state index is 0.0954. The van der Waals surface area contributed by atoms with Gasteiger partial charge in [0.25, 0.3) is 0 Å². The summed E-state index contributed by atoms with van der Waals surface area (Å²) in [7, 11) is 0. The molecule has 0 spiro atoms. The van der Waals surface area contributed by atoms with Gasteiger partial charge in [0.1, 0.15) is 5.75 Å². The van der Waals surface area contributed by atoms with Gasteiger partial charge in [-0.15, -0.1) is 0 Å². The number of likely N-dealkylation sites (tertiary alicyclic amines) is 1. The van der Waals surface area contributed by atoms with Crippen molar-refractivity contribution in [3.63, 3.8) is 0 Å². The molecule has 0 unspecified atom stereocenters. The molecule has 2 amide bonds. The summed E-state index contributed by atoms with van der Waals surface area (Å²) in [5.74, 6) is -1.69. The fourth-order valence-corrected chi connectivity index (χ4v) is 5.83. The van der Waals surface area contributed by atoms with Crippen molar-refractivity contribution in [2.45, 2.75) is 59.5 Å². The van der Waals surface area contributed by atoms with Crippen molar-refractivity contribution in [1.29, 1.82) is 0 Å². The first-order valence-corrected chi connectivity index (χ1v) is 12.9. The molecule has 1 aliphatic heterocycles. The minimum Gasteiger partial charge on any atom is -0.507 e. The number of hydrogen-bond donors (Lipinski definition) is 3. The molecule has 4 atom stereocenters. The van der Waals surface area contributed by atoms with Gasteiger partial charge in [0, 0.05) is 22.5 Å². The number of allylic oxidation sites excluding steroid dienone is 2. The van der Waals surface area contributed by atoms with Gasteiger partial charge in [-0.2, -0.15) is 0 Å². The maximum atomic E-state index is 13.1. The second kappa shape index (κ2) is 11.2. The van der Waals surface area contributed by atoms with Crippen molar-refractivity contribution in [3.05, 3.63) is 45.0 Å². The lowest BCUT2D eigenvalue weighted by atomic mass is 9.66. The van der Waals surface area contributed by atoms with Crippen LogP contribution < -0.4 is 0 Å². The van der Waals surface area contributed by atoms with Gasteiger partial charge in [0.2, 0.25) is 11.8 Å². The molecule has 1 heterocycles. The number of carbonyl (C=O) groups is 2. The molecule has 1 aliphatic carbocycles. The van der Waals surface area contributed by atoms with E-state index in [1.165, 1.54) is 4.90 Å². The third-order valence-corrected chi connectivity index (χ3v) is 7.61. The van der Waals surface area contributed by atoms with Crippen LogP contribution in [0.25, 0.3) is 6.08 Å². The number of halogens is 1. The number of aliphatic hydroxyl groups is 2. The number of fused-ring (bicyclic) bond motifs is 1. The normalized spacial score (nSPS) is 24.3. The number of rotatable bonds is 9. The number of phenolic OH excluding ortho intramolecular Hbond substituents is 1. The summed E-state index contributed by atoms with van der Waals surface area (Å²) in [5, 5.41) is 31.7. The lowest BCUT2D eigenvalue weighted by molar-refractivity contribution is -0.140. The molecule has 34 heavy (non-hydrogen) atoms. The van der Waals surface area contributed by atoms with Crippen molar-refractivity contribution in [3.8, 4) is 5.75 Å². The summed E-state index contributed by atoms with van der Waals surface area (Å²) in [4.78, 5) is 27.5. The first-order chi connectivity index (χ1) is 16.1. The topological polar surface area (TPSA) is 98.1 Å². The first kappa shape index (κ1) is 26.6. The van der Waals surface area contributed by atoms with Crippen LogP contribution >= 0.6 is 15.9 Å². The summed E-state index contributed by atoms with van der Waals surface area (Å²) >= 11 is 3.42. The van der Waals surface area contributed by atoms with Gasteiger partial charge in [-0.3, -0.25) is 14.5 Å². The fraction of sp³-hybridized carbons (Fsp3) is 0.556. The smallest absolute Gasteiger partial charge is 0.233 e. The van der Waals surface area contributed by atoms with Crippen molar-refractivity contribution in [2.24, 2.45) is 23.7 Å². The monoisotopic (exact) mass is 533 g/mol. The quantitative estimate of drug-likeness (QED) is 0.316. The van der Waals surface area contributed by atoms with E-state index in [0.717, 1.165) is 21.2 Å². The van der Waals surface area contributed by atoms with E-state index in [-0.39, 0.29) is 30.1 Å². The molecule has 1 fully saturated rings. The molecule has 7 heteroatoms. The molecular formula is C27H36BrNO5. The van der Waals surface area contributed by atoms with E-state index in [2.05, 4.69) is 15.9 Å². The molecular weight excluding hydrogens is 498 g/mol. The van der Waals surface area contributed by atoms with Crippen LogP contribution in [0, 0.1) is 23.7 Å². The van der Waals surface area contributed by atoms with Gasteiger partial charge in [0.05, 0.1) is 24.5 Å². The number of carbonyl (C=O) groups excluding carboxylic acids is 2. The summed E-state index contributed by atoms with van der Waals surface area (Å²) < 4.78 is 0.867. The second-order valence-electron chi connectivity index (χ2n) is 9.84. The van der Waals surface area contributed by atoms with Crippen LogP contribution in [0.2, 0.25) is 0 Å². The Hall–Kier alpha value is -1.96. The predicted molar refractivity (Wildman–Crippen MR) is 136 cm³/mol. The lowest BCUT2D eigenvalue weighted by Gasteiger charge is -2.38. The van der Waals surface area contributed by atoms with Crippen molar-refractivity contribution in [1.82, 2.24) is 4.90 Å². The molecule has 186 valence electrons. The van der Waals surface area contributed by atoms with Crippen molar-refractivity contribution >= 4 is 33.8 Å². The average molecular weight is 534 g/mol. The zero-order valence-electron chi connectivity index (χ0n) is 20.4. The molecule has 1 aromatic rings. The number of nitrogens with zero attached hydrogens (tertiary/aromatic N) is 1. The Morgan fingerprint density at radius 3 is 2.59 bits per heavy atom. The zero-order valence-corrected chi connectivity index (χ0v) is 22.0. The van der Waals surface area contributed by atoms with Crippen LogP contribution in [0.4, 0.5) is 0 Å². The fourth-order valence-electron chi connectivity index (χ4n) is 5.45. The van der Waals surface area contributed by atoms with Gasteiger partial charge < -0.3 is 15.3 Å². The van der Waals surface area contributed by atoms with Gasteiger partial charge in [0.15, 0.2) is 0 Å². The van der Waals surface area contributed by atoms with Crippen LogP contribution in [-0.2, 0) is 9.59 Å². The maximum Gasteiger partial charge on any atom is 0.233 e. The molecule has 0 radical (unpaired) electrons. The van der Waals surface area contributed by atoms with E-state index in [4.69, 9.17) is 0 Å². The van der Waals surface area contributed by atoms with Crippen LogP contribution in [0.15, 0.2) is 39.4 Å². The Balaban J connectivity index is 1.85. The Bertz CT molecular complexity index is 999. The van der Waals surface area contributed by atoms with E-state index in [9.17, 15) is 24.9 Å². The SMILES string of the molecule is CCCN1C(=O)[C@@H]2[C@@H](CC(C(C)C)=C([C@H](O)CC/C(C)=C/c3cc(Br)ccc3O)[C@@H]2CO)C1=O. The van der Waals surface area contributed by atoms with Crippen LogP contribution in [0.5, 0.6) is 5.75 Å². The Morgan fingerprint density at radius 2 is 1.97 bits per heavy atom. The number of hydrogen-bond acceptors (Lipinski definition) is 5. The van der Waals surface area contributed by atoms with Crippen LogP contribution in [-0.4, -0.2) is 51.3 Å². The molecule has 0 bridgehead atoms. The number of aliphatic hydroxyl groups excluding tert-OH is 2. The van der Waals surface area contributed by atoms with Crippen molar-refractivity contribution < 1.29 is 24.9 Å². The molecule has 3 rings (SSSR count). The third kappa shape index (κ3) is 5.31. The number of imide groups is 1. The highest BCUT2D eigenvalue weighted by Gasteiger charge is 2.54. The van der Waals surface area contributed by atoms with E-state index < -0.39 is 23.9 Å². The minimum atomic E-state index is -0.821. The molecule has 0 saturated carbocycles. The van der Waals surface area contributed by atoms with Gasteiger partial charge in [-0.25, -0.2) is 0 Å². The van der Waals surface area contributed by atoms with Gasteiger partial charge in [-0.1, -0.05) is 53.9 Å². The highest BCUT2D eigenvalue weighted by Crippen LogP contribution is 2.48. The molecule has 0 aromatic heterocycles. The summed E-state index contributed by atoms with van der Waals surface area (Å²) in [6, 6.07) is 5.24. The number of phenols is 1. The van der Waals surface area contributed by atoms with Gasteiger partial charge in [-0.05, 0) is 62.3 Å². The van der Waals surface area contributed by atoms with Crippen molar-refractivity contribution in [2.75, 3.05) is 13.2 Å². The average Bonchev–Trinajstić information content (AvgIpc) is 3.03. The largest absolute Gasteiger partial charge is 0.507 e. The predicted octanol–water partition coefficient (Wildman–Crippen LogP) is 4.68. The van der Waals surface area contributed by atoms with E-state index >= 15 is 0 Å². The van der Waals surface area contributed by atoms with E-state index in [0.29, 0.717) is 37.8 Å². The second-order valence-corrected chi connectivity index (χ2v) is 10.8. The highest BCUT2D eigenvalue weighted by atomic mass is 79.9. The molecule has 1 aromatic carbocycles. The lowest BCUT2D eigenvalue weighted by Crippen LogP contribution is -2.39. The summed E-state index contributed by atoms with van der Waals surface area (Å²) in [6.45, 7) is 8.07. The Kier molecular flexibility index (Phi) is 8.77. The van der Waals surface area contributed by atoms with Crippen LogP contribution in [0.1, 0.15) is 58.9 Å². The zero-order chi connectivity index (χ0) is 25.2. The first-order valence-electron chi connectivity index (χ1n) is 12.1. The molecule has 2 aliphatic rings. The summed E-state index contributed by atoms with van der Waals surface area (Å²) in [6.07, 6.45) is 3.24. The highest BCUT2D eigenvalue weighted by molar-refractivity contribution is 9.10. The van der Waals surface area contributed by atoms with Gasteiger partial charge >= 0.3 is 0 Å². The Morgan fingerprint density at radius 1 is 1.26 bits per heavy atom. The number of benzene rings is 1. The van der Waals surface area contributed by atoms with E-state index in [1.807, 2.05) is 39.8 Å². The third-order valence-electron chi connectivity index (χ3n) is 7.11. The number of amides is 2. The summed E-state index contributed by atoms with van der Waals surface area (Å²) in [5.41, 5.74) is 3.41. The molecule has 6 nitrogen and oxygen atoms in total. The maximum absolute atomic E-state index is 13.1. The van der Waals surface area contributed by atoms with E-state index in [1.54, 1.807) is 12.1 Å². The Labute approximate surface area is 210 Å².